The van der Waals surface area contributed by atoms with E-state index in [-0.39, 0.29) is 6.03 Å². The van der Waals surface area contributed by atoms with Gasteiger partial charge in [0.15, 0.2) is 5.76 Å². The van der Waals surface area contributed by atoms with Gasteiger partial charge in [0.1, 0.15) is 11.4 Å². The fraction of sp³-hybridized carbons (Fsp3) is 0.111. The third-order valence-electron chi connectivity index (χ3n) is 3.41. The fourth-order valence-electron chi connectivity index (χ4n) is 2.24. The molecule has 2 aromatic heterocycles. The highest BCUT2D eigenvalue weighted by atomic mass is 16.5. The summed E-state index contributed by atoms with van der Waals surface area (Å²) in [5.41, 5.74) is 2.26. The summed E-state index contributed by atoms with van der Waals surface area (Å²) in [5.74, 6) is 1.30. The van der Waals surface area contributed by atoms with Gasteiger partial charge in [-0.15, -0.1) is 0 Å². The van der Waals surface area contributed by atoms with Gasteiger partial charge >= 0.3 is 6.03 Å². The van der Waals surface area contributed by atoms with E-state index in [4.69, 9.17) is 9.15 Å². The normalized spacial score (nSPS) is 10.2. The number of para-hydroxylation sites is 2. The topological polar surface area (TPSA) is 76.4 Å². The Morgan fingerprint density at radius 3 is 2.88 bits per heavy atom. The maximum absolute atomic E-state index is 12.1. The smallest absolute Gasteiger partial charge is 0.319 e. The van der Waals surface area contributed by atoms with Crippen LogP contribution in [0, 0.1) is 0 Å². The second-order valence-corrected chi connectivity index (χ2v) is 5.03. The Kier molecular flexibility index (Phi) is 4.76. The Hall–Kier alpha value is -3.28. The number of hydrogen-bond donors (Lipinski definition) is 2. The number of pyridine rings is 1. The first-order valence-corrected chi connectivity index (χ1v) is 7.43. The van der Waals surface area contributed by atoms with Gasteiger partial charge in [-0.1, -0.05) is 12.1 Å². The second kappa shape index (κ2) is 7.32. The Morgan fingerprint density at radius 2 is 2.08 bits per heavy atom. The zero-order chi connectivity index (χ0) is 16.8. The molecule has 0 radical (unpaired) electrons. The molecule has 0 aliphatic carbocycles. The van der Waals surface area contributed by atoms with Crippen LogP contribution in [0.15, 0.2) is 65.4 Å². The van der Waals surface area contributed by atoms with Crippen LogP contribution in [0.5, 0.6) is 5.75 Å². The van der Waals surface area contributed by atoms with Crippen molar-refractivity contribution in [3.63, 3.8) is 0 Å². The standard InChI is InChI=1S/C18H17N3O3/c1-23-16-6-3-2-5-14(16)21-18(22)20-12-13-8-9-19-15(11-13)17-7-4-10-24-17/h2-11H,12H2,1H3,(H2,20,21,22). The Bertz CT molecular complexity index is 816. The van der Waals surface area contributed by atoms with Crippen LogP contribution in [0.2, 0.25) is 0 Å². The molecule has 0 unspecified atom stereocenters. The minimum atomic E-state index is -0.309. The highest BCUT2D eigenvalue weighted by Gasteiger charge is 2.07. The van der Waals surface area contributed by atoms with E-state index in [1.807, 2.05) is 36.4 Å². The molecule has 0 spiro atoms. The van der Waals surface area contributed by atoms with Gasteiger partial charge in [-0.05, 0) is 42.0 Å². The number of methoxy groups -OCH3 is 1. The molecule has 2 heterocycles. The number of carbonyl (C=O) groups is 1. The lowest BCUT2D eigenvalue weighted by atomic mass is 10.2. The summed E-state index contributed by atoms with van der Waals surface area (Å²) in [5, 5.41) is 5.57. The third-order valence-corrected chi connectivity index (χ3v) is 3.41. The van der Waals surface area contributed by atoms with E-state index in [0.29, 0.717) is 23.7 Å². The molecule has 0 aliphatic rings. The minimum absolute atomic E-state index is 0.309. The Labute approximate surface area is 139 Å². The maximum Gasteiger partial charge on any atom is 0.319 e. The fourth-order valence-corrected chi connectivity index (χ4v) is 2.24. The molecule has 2 amide bonds. The molecule has 0 saturated carbocycles. The molecule has 0 fully saturated rings. The largest absolute Gasteiger partial charge is 0.495 e. The van der Waals surface area contributed by atoms with Crippen LogP contribution in [0.4, 0.5) is 10.5 Å². The van der Waals surface area contributed by atoms with Crippen molar-refractivity contribution in [2.24, 2.45) is 0 Å². The number of rotatable bonds is 5. The highest BCUT2D eigenvalue weighted by Crippen LogP contribution is 2.23. The van der Waals surface area contributed by atoms with E-state index in [9.17, 15) is 4.79 Å². The molecule has 6 nitrogen and oxygen atoms in total. The van der Waals surface area contributed by atoms with Crippen LogP contribution in [0.25, 0.3) is 11.5 Å². The van der Waals surface area contributed by atoms with Crippen molar-refractivity contribution >= 4 is 11.7 Å². The molecule has 0 aliphatic heterocycles. The van der Waals surface area contributed by atoms with Gasteiger partial charge < -0.3 is 19.8 Å². The van der Waals surface area contributed by atoms with Crippen molar-refractivity contribution in [3.05, 3.63) is 66.6 Å². The monoisotopic (exact) mass is 323 g/mol. The van der Waals surface area contributed by atoms with Crippen molar-refractivity contribution < 1.29 is 13.9 Å². The average molecular weight is 323 g/mol. The quantitative estimate of drug-likeness (QED) is 0.751. The van der Waals surface area contributed by atoms with Gasteiger partial charge in [0.25, 0.3) is 0 Å². The van der Waals surface area contributed by atoms with Crippen LogP contribution < -0.4 is 15.4 Å². The highest BCUT2D eigenvalue weighted by molar-refractivity contribution is 5.90. The van der Waals surface area contributed by atoms with Crippen molar-refractivity contribution in [1.29, 1.82) is 0 Å². The van der Waals surface area contributed by atoms with Gasteiger partial charge in [0.2, 0.25) is 0 Å². The summed E-state index contributed by atoms with van der Waals surface area (Å²) in [7, 11) is 1.56. The van der Waals surface area contributed by atoms with Gasteiger partial charge in [-0.2, -0.15) is 0 Å². The Morgan fingerprint density at radius 1 is 1.21 bits per heavy atom. The van der Waals surface area contributed by atoms with E-state index in [0.717, 1.165) is 11.3 Å². The zero-order valence-corrected chi connectivity index (χ0v) is 13.2. The first-order valence-electron chi connectivity index (χ1n) is 7.43. The molecular weight excluding hydrogens is 306 g/mol. The van der Waals surface area contributed by atoms with Crippen LogP contribution in [0.3, 0.4) is 0 Å². The molecule has 6 heteroatoms. The SMILES string of the molecule is COc1ccccc1NC(=O)NCc1ccnc(-c2ccco2)c1. The number of benzene rings is 1. The zero-order valence-electron chi connectivity index (χ0n) is 13.2. The summed E-state index contributed by atoms with van der Waals surface area (Å²) in [6, 6.07) is 14.3. The van der Waals surface area contributed by atoms with Crippen LogP contribution in [0.1, 0.15) is 5.56 Å². The number of anilines is 1. The van der Waals surface area contributed by atoms with E-state index < -0.39 is 0 Å². The van der Waals surface area contributed by atoms with E-state index in [1.165, 1.54) is 0 Å². The molecule has 3 rings (SSSR count). The summed E-state index contributed by atoms with van der Waals surface area (Å²) in [4.78, 5) is 16.3. The number of urea groups is 1. The molecule has 2 N–H and O–H groups in total. The summed E-state index contributed by atoms with van der Waals surface area (Å²) in [6.45, 7) is 0.372. The number of carbonyl (C=O) groups excluding carboxylic acids is 1. The van der Waals surface area contributed by atoms with Gasteiger partial charge in [-0.25, -0.2) is 4.79 Å². The maximum atomic E-state index is 12.1. The number of furan rings is 1. The number of amides is 2. The number of hydrogen-bond acceptors (Lipinski definition) is 4. The molecule has 3 aromatic rings. The van der Waals surface area contributed by atoms with Crippen LogP contribution in [-0.4, -0.2) is 18.1 Å². The van der Waals surface area contributed by atoms with Crippen molar-refractivity contribution in [2.45, 2.75) is 6.54 Å². The van der Waals surface area contributed by atoms with E-state index >= 15 is 0 Å². The van der Waals surface area contributed by atoms with Gasteiger partial charge in [0.05, 0.1) is 19.1 Å². The Balaban J connectivity index is 1.61. The minimum Gasteiger partial charge on any atom is -0.495 e. The first-order chi connectivity index (χ1) is 11.8. The van der Waals surface area contributed by atoms with E-state index in [2.05, 4.69) is 15.6 Å². The van der Waals surface area contributed by atoms with Crippen LogP contribution in [-0.2, 0) is 6.54 Å². The molecular formula is C18H17N3O3. The second-order valence-electron chi connectivity index (χ2n) is 5.03. The lowest BCUT2D eigenvalue weighted by Crippen LogP contribution is -2.28. The molecule has 1 aromatic carbocycles. The third kappa shape index (κ3) is 3.73. The number of nitrogens with zero attached hydrogens (tertiary/aromatic N) is 1. The molecule has 24 heavy (non-hydrogen) atoms. The molecule has 0 saturated heterocycles. The predicted octanol–water partition coefficient (Wildman–Crippen LogP) is 3.67. The predicted molar refractivity (Wildman–Crippen MR) is 90.8 cm³/mol. The van der Waals surface area contributed by atoms with Crippen molar-refractivity contribution in [2.75, 3.05) is 12.4 Å². The number of nitrogens with one attached hydrogen (secondary N) is 2. The van der Waals surface area contributed by atoms with Crippen molar-refractivity contribution in [3.8, 4) is 17.2 Å². The van der Waals surface area contributed by atoms with Crippen molar-refractivity contribution in [1.82, 2.24) is 10.3 Å². The molecule has 0 bridgehead atoms. The van der Waals surface area contributed by atoms with Gasteiger partial charge in [-0.3, -0.25) is 4.98 Å². The van der Waals surface area contributed by atoms with E-state index in [1.54, 1.807) is 31.7 Å². The average Bonchev–Trinajstić information content (AvgIpc) is 3.15. The number of ether oxygens (including phenoxy) is 1. The van der Waals surface area contributed by atoms with Crippen LogP contribution >= 0.6 is 0 Å². The molecule has 0 atom stereocenters. The lowest BCUT2D eigenvalue weighted by molar-refractivity contribution is 0.251. The summed E-state index contributed by atoms with van der Waals surface area (Å²) < 4.78 is 10.5. The lowest BCUT2D eigenvalue weighted by Gasteiger charge is -2.11. The first kappa shape index (κ1) is 15.6. The number of aromatic nitrogens is 1. The summed E-state index contributed by atoms with van der Waals surface area (Å²) in [6.07, 6.45) is 3.29. The summed E-state index contributed by atoms with van der Waals surface area (Å²) >= 11 is 0. The molecule has 122 valence electrons. The van der Waals surface area contributed by atoms with Gasteiger partial charge in [0, 0.05) is 12.7 Å².